The molecule has 0 saturated heterocycles. The van der Waals surface area contributed by atoms with Crippen molar-refractivity contribution in [2.45, 2.75) is 18.8 Å². The minimum Gasteiger partial charge on any atom is -0.422 e. The fourth-order valence-electron chi connectivity index (χ4n) is 5.13. The number of hydrogen-bond acceptors (Lipinski definition) is 7. The maximum atomic E-state index is 13.5. The first kappa shape index (κ1) is 28.6. The van der Waals surface area contributed by atoms with E-state index >= 15 is 0 Å². The Kier molecular flexibility index (Phi) is 7.81. The summed E-state index contributed by atoms with van der Waals surface area (Å²) in [5.74, 6) is -0.484. The van der Waals surface area contributed by atoms with E-state index in [1.165, 1.54) is 0 Å². The van der Waals surface area contributed by atoms with Crippen molar-refractivity contribution < 1.29 is 17.9 Å². The fraction of sp³-hybridized carbons (Fsp3) is 0.0882. The first-order chi connectivity index (χ1) is 21.3. The third-order valence-corrected chi connectivity index (χ3v) is 8.42. The number of nitrogens with zero attached hydrogens (tertiary/aromatic N) is 3. The summed E-state index contributed by atoms with van der Waals surface area (Å²) in [4.78, 5) is 18.3. The molecule has 0 saturated carbocycles. The monoisotopic (exact) mass is 601 g/mol. The molecule has 0 fully saturated rings. The van der Waals surface area contributed by atoms with Gasteiger partial charge >= 0.3 is 5.97 Å². The lowest BCUT2D eigenvalue weighted by molar-refractivity contribution is 0.0724. The van der Waals surface area contributed by atoms with Gasteiger partial charge in [-0.1, -0.05) is 54.6 Å². The molecular formula is C34H27N5O4S. The molecule has 2 heterocycles. The minimum absolute atomic E-state index is 0.171. The molecule has 10 heteroatoms. The summed E-state index contributed by atoms with van der Waals surface area (Å²) in [5.41, 5.74) is 9.63. The van der Waals surface area contributed by atoms with E-state index in [0.717, 1.165) is 21.7 Å². The average molecular weight is 602 g/mol. The SMILES string of the molecule is N#Cc1ccc(OC(=O)c2cc3ccc(CN)nc3n2Cc2cc(NS(=O)(=O)Cc3ccccc3)cc3ccccc23)cc1. The van der Waals surface area contributed by atoms with E-state index in [-0.39, 0.29) is 24.5 Å². The number of carbonyl (C=O) groups is 1. The molecule has 9 nitrogen and oxygen atoms in total. The Morgan fingerprint density at radius 1 is 0.909 bits per heavy atom. The molecule has 3 N–H and O–H groups in total. The summed E-state index contributed by atoms with van der Waals surface area (Å²) in [7, 11) is -3.72. The molecule has 4 aromatic carbocycles. The van der Waals surface area contributed by atoms with Gasteiger partial charge in [-0.2, -0.15) is 5.26 Å². The first-order valence-electron chi connectivity index (χ1n) is 13.8. The maximum absolute atomic E-state index is 13.5. The van der Waals surface area contributed by atoms with Crippen LogP contribution in [0.25, 0.3) is 21.8 Å². The number of rotatable bonds is 9. The highest BCUT2D eigenvalue weighted by Gasteiger charge is 2.21. The van der Waals surface area contributed by atoms with Gasteiger partial charge in [-0.3, -0.25) is 4.72 Å². The van der Waals surface area contributed by atoms with Crippen LogP contribution in [0.1, 0.15) is 32.9 Å². The van der Waals surface area contributed by atoms with Gasteiger partial charge in [0.15, 0.2) is 0 Å². The van der Waals surface area contributed by atoms with Crippen LogP contribution in [-0.2, 0) is 28.9 Å². The van der Waals surface area contributed by atoms with Crippen LogP contribution >= 0.6 is 0 Å². The summed E-state index contributed by atoms with van der Waals surface area (Å²) >= 11 is 0. The first-order valence-corrected chi connectivity index (χ1v) is 15.4. The van der Waals surface area contributed by atoms with Gasteiger partial charge in [-0.05, 0) is 76.5 Å². The van der Waals surface area contributed by atoms with Gasteiger partial charge in [0.25, 0.3) is 0 Å². The van der Waals surface area contributed by atoms with E-state index in [4.69, 9.17) is 20.7 Å². The number of nitriles is 1. The molecule has 6 aromatic rings. The van der Waals surface area contributed by atoms with Crippen LogP contribution in [0.4, 0.5) is 5.69 Å². The number of aromatic nitrogens is 2. The zero-order valence-corrected chi connectivity index (χ0v) is 24.3. The summed E-state index contributed by atoms with van der Waals surface area (Å²) in [6, 6.07) is 33.9. The molecular weight excluding hydrogens is 574 g/mol. The number of carbonyl (C=O) groups excluding carboxylic acids is 1. The Hall–Kier alpha value is -5.50. The van der Waals surface area contributed by atoms with Crippen molar-refractivity contribution in [1.82, 2.24) is 9.55 Å². The predicted molar refractivity (Wildman–Crippen MR) is 169 cm³/mol. The van der Waals surface area contributed by atoms with E-state index in [1.54, 1.807) is 77.4 Å². The summed E-state index contributed by atoms with van der Waals surface area (Å²) in [5, 5.41) is 11.5. The summed E-state index contributed by atoms with van der Waals surface area (Å²) in [6.07, 6.45) is 0. The molecule has 0 aliphatic heterocycles. The normalized spacial score (nSPS) is 11.4. The zero-order valence-electron chi connectivity index (χ0n) is 23.5. The lowest BCUT2D eigenvalue weighted by atomic mass is 10.0. The van der Waals surface area contributed by atoms with Crippen molar-refractivity contribution in [3.8, 4) is 11.8 Å². The highest BCUT2D eigenvalue weighted by atomic mass is 32.2. The second-order valence-corrected chi connectivity index (χ2v) is 12.0. The molecule has 0 bridgehead atoms. The Morgan fingerprint density at radius 2 is 1.66 bits per heavy atom. The number of ether oxygens (including phenoxy) is 1. The number of nitrogens with two attached hydrogens (primary N) is 1. The van der Waals surface area contributed by atoms with Crippen molar-refractivity contribution in [3.05, 3.63) is 137 Å². The second-order valence-electron chi connectivity index (χ2n) is 10.3. The molecule has 44 heavy (non-hydrogen) atoms. The van der Waals surface area contributed by atoms with Gasteiger partial charge in [-0.25, -0.2) is 18.2 Å². The molecule has 0 amide bonds. The third-order valence-electron chi connectivity index (χ3n) is 7.16. The Bertz CT molecular complexity index is 2150. The quantitative estimate of drug-likeness (QED) is 0.159. The lowest BCUT2D eigenvalue weighted by Gasteiger charge is -2.15. The van der Waals surface area contributed by atoms with Crippen LogP contribution in [0.3, 0.4) is 0 Å². The van der Waals surface area contributed by atoms with E-state index in [2.05, 4.69) is 4.72 Å². The van der Waals surface area contributed by atoms with Crippen LogP contribution in [0.5, 0.6) is 5.75 Å². The molecule has 218 valence electrons. The van der Waals surface area contributed by atoms with Crippen LogP contribution < -0.4 is 15.2 Å². The van der Waals surface area contributed by atoms with Crippen LogP contribution in [0.2, 0.25) is 0 Å². The molecule has 0 spiro atoms. The number of nitrogens with one attached hydrogen (secondary N) is 1. The predicted octanol–water partition coefficient (Wildman–Crippen LogP) is 5.73. The van der Waals surface area contributed by atoms with Crippen LogP contribution in [-0.4, -0.2) is 23.9 Å². The Balaban J connectivity index is 1.41. The standard InChI is InChI=1S/C34H27N5O4S/c35-19-23-10-14-30(15-11-23)43-34(40)32-18-26-12-13-28(20-36)37-33(26)39(32)21-27-17-29(16-25-8-4-5-9-31(25)27)38-44(41,42)22-24-6-2-1-3-7-24/h1-18,38H,20-22,36H2. The number of esters is 1. The van der Waals surface area contributed by atoms with E-state index in [9.17, 15) is 13.2 Å². The van der Waals surface area contributed by atoms with Crippen molar-refractivity contribution >= 4 is 43.5 Å². The highest BCUT2D eigenvalue weighted by molar-refractivity contribution is 7.91. The van der Waals surface area contributed by atoms with Gasteiger partial charge in [0.1, 0.15) is 17.1 Å². The topological polar surface area (TPSA) is 140 Å². The molecule has 0 aliphatic carbocycles. The van der Waals surface area contributed by atoms with Crippen LogP contribution in [0.15, 0.2) is 109 Å². The van der Waals surface area contributed by atoms with E-state index in [1.807, 2.05) is 42.5 Å². The molecule has 6 rings (SSSR count). The number of hydrogen-bond donors (Lipinski definition) is 2. The summed E-state index contributed by atoms with van der Waals surface area (Å²) < 4.78 is 36.4. The maximum Gasteiger partial charge on any atom is 0.360 e. The Morgan fingerprint density at radius 3 is 2.41 bits per heavy atom. The van der Waals surface area contributed by atoms with Crippen molar-refractivity contribution in [1.29, 1.82) is 5.26 Å². The minimum atomic E-state index is -3.72. The number of anilines is 1. The molecule has 2 aromatic heterocycles. The molecule has 0 atom stereocenters. The number of sulfonamides is 1. The fourth-order valence-corrected chi connectivity index (χ4v) is 6.31. The second kappa shape index (κ2) is 12.0. The van der Waals surface area contributed by atoms with Gasteiger partial charge in [0.05, 0.1) is 29.6 Å². The molecule has 0 radical (unpaired) electrons. The van der Waals surface area contributed by atoms with Gasteiger partial charge < -0.3 is 15.0 Å². The number of pyridine rings is 1. The largest absolute Gasteiger partial charge is 0.422 e. The molecule has 0 aliphatic rings. The van der Waals surface area contributed by atoms with Crippen molar-refractivity contribution in [2.24, 2.45) is 5.73 Å². The van der Waals surface area contributed by atoms with E-state index < -0.39 is 16.0 Å². The zero-order chi connectivity index (χ0) is 30.7. The highest BCUT2D eigenvalue weighted by Crippen LogP contribution is 2.29. The van der Waals surface area contributed by atoms with Crippen molar-refractivity contribution in [3.63, 3.8) is 0 Å². The Labute approximate surface area is 254 Å². The number of fused-ring (bicyclic) bond motifs is 2. The van der Waals surface area contributed by atoms with Gasteiger partial charge in [0.2, 0.25) is 10.0 Å². The third kappa shape index (κ3) is 6.15. The van der Waals surface area contributed by atoms with Gasteiger partial charge in [0, 0.05) is 17.6 Å². The van der Waals surface area contributed by atoms with Crippen LogP contribution in [0, 0.1) is 11.3 Å². The lowest BCUT2D eigenvalue weighted by Crippen LogP contribution is -2.17. The average Bonchev–Trinajstić information content (AvgIpc) is 3.39. The number of benzene rings is 4. The van der Waals surface area contributed by atoms with Gasteiger partial charge in [-0.15, -0.1) is 0 Å². The van der Waals surface area contributed by atoms with Crippen molar-refractivity contribution in [2.75, 3.05) is 4.72 Å². The smallest absolute Gasteiger partial charge is 0.360 e. The molecule has 0 unspecified atom stereocenters. The summed E-state index contributed by atoms with van der Waals surface area (Å²) in [6.45, 7) is 0.408. The van der Waals surface area contributed by atoms with E-state index in [0.29, 0.717) is 33.9 Å².